The van der Waals surface area contributed by atoms with Gasteiger partial charge in [0, 0.05) is 49.4 Å². The van der Waals surface area contributed by atoms with Crippen LogP contribution in [0.2, 0.25) is 0 Å². The molecule has 0 saturated carbocycles. The molecule has 0 spiro atoms. The number of aromatic hydroxyl groups is 2. The summed E-state index contributed by atoms with van der Waals surface area (Å²) < 4.78 is 6.90. The number of rotatable bonds is 4. The van der Waals surface area contributed by atoms with Crippen molar-refractivity contribution in [1.82, 2.24) is 13.7 Å². The van der Waals surface area contributed by atoms with Gasteiger partial charge in [-0.05, 0) is 114 Å². The molecule has 0 fully saturated rings. The molecule has 5 heteroatoms. The Bertz CT molecular complexity index is 3240. The highest BCUT2D eigenvalue weighted by molar-refractivity contribution is 6.14. The zero-order valence-corrected chi connectivity index (χ0v) is 28.5. The molecule has 5 nitrogen and oxygen atoms in total. The minimum Gasteiger partial charge on any atom is -0.508 e. The van der Waals surface area contributed by atoms with Crippen molar-refractivity contribution in [2.75, 3.05) is 0 Å². The van der Waals surface area contributed by atoms with Gasteiger partial charge in [-0.15, -0.1) is 0 Å². The molecule has 0 bridgehead atoms. The number of nitrogens with zero attached hydrogens (tertiary/aromatic N) is 3. The average Bonchev–Trinajstić information content (AvgIpc) is 3.82. The third kappa shape index (κ3) is 4.38. The molecule has 53 heavy (non-hydrogen) atoms. The molecule has 3 aromatic heterocycles. The van der Waals surface area contributed by atoms with Gasteiger partial charge in [0.15, 0.2) is 0 Å². The minimum absolute atomic E-state index is 0.233. The van der Waals surface area contributed by atoms with Crippen LogP contribution in [0.3, 0.4) is 0 Å². The van der Waals surface area contributed by atoms with E-state index in [9.17, 15) is 10.2 Å². The van der Waals surface area contributed by atoms with Crippen molar-refractivity contribution in [3.8, 4) is 39.7 Å². The van der Waals surface area contributed by atoms with Crippen molar-refractivity contribution in [2.45, 2.75) is 0 Å². The number of aromatic nitrogens is 3. The molecule has 0 amide bonds. The van der Waals surface area contributed by atoms with Crippen LogP contribution in [0.4, 0.5) is 0 Å². The fourth-order valence-corrected chi connectivity index (χ4v) is 8.47. The molecule has 0 radical (unpaired) electrons. The van der Waals surface area contributed by atoms with Crippen LogP contribution < -0.4 is 0 Å². The number of phenolic OH excluding ortho intramolecular Hbond substituents is 2. The summed E-state index contributed by atoms with van der Waals surface area (Å²) in [5.74, 6) is 0.475. The van der Waals surface area contributed by atoms with E-state index in [0.29, 0.717) is 0 Å². The summed E-state index contributed by atoms with van der Waals surface area (Å²) in [5, 5.41) is 27.8. The molecule has 3 heterocycles. The van der Waals surface area contributed by atoms with Gasteiger partial charge in [-0.25, -0.2) is 0 Å². The van der Waals surface area contributed by atoms with Crippen LogP contribution in [0.15, 0.2) is 176 Å². The number of fused-ring (bicyclic) bond motifs is 9. The third-order valence-electron chi connectivity index (χ3n) is 10.8. The molecule has 0 atom stereocenters. The van der Waals surface area contributed by atoms with Crippen LogP contribution in [-0.2, 0) is 0 Å². The van der Waals surface area contributed by atoms with Gasteiger partial charge >= 0.3 is 0 Å². The summed E-state index contributed by atoms with van der Waals surface area (Å²) in [6.45, 7) is 0. The molecule has 0 aliphatic heterocycles. The van der Waals surface area contributed by atoms with Crippen LogP contribution in [0.5, 0.6) is 11.5 Å². The van der Waals surface area contributed by atoms with Crippen molar-refractivity contribution in [3.63, 3.8) is 0 Å². The summed E-state index contributed by atoms with van der Waals surface area (Å²) in [5.41, 5.74) is 11.9. The maximum atomic E-state index is 10.7. The van der Waals surface area contributed by atoms with Crippen LogP contribution in [0.1, 0.15) is 0 Å². The normalized spacial score (nSPS) is 11.9. The minimum atomic E-state index is 0.233. The Morgan fingerprint density at radius 1 is 0.264 bits per heavy atom. The average molecular weight is 682 g/mol. The second-order valence-corrected chi connectivity index (χ2v) is 13.8. The molecule has 250 valence electrons. The van der Waals surface area contributed by atoms with E-state index in [-0.39, 0.29) is 11.5 Å². The van der Waals surface area contributed by atoms with Gasteiger partial charge < -0.3 is 23.9 Å². The summed E-state index contributed by atoms with van der Waals surface area (Å²) >= 11 is 0. The largest absolute Gasteiger partial charge is 0.508 e. The van der Waals surface area contributed by atoms with E-state index < -0.39 is 0 Å². The number of para-hydroxylation sites is 3. The van der Waals surface area contributed by atoms with Gasteiger partial charge in [0.1, 0.15) is 11.5 Å². The summed E-state index contributed by atoms with van der Waals surface area (Å²) in [6.07, 6.45) is 0. The highest BCUT2D eigenvalue weighted by Gasteiger charge is 2.19. The van der Waals surface area contributed by atoms with Crippen LogP contribution >= 0.6 is 0 Å². The molecule has 0 unspecified atom stereocenters. The van der Waals surface area contributed by atoms with Gasteiger partial charge in [0.25, 0.3) is 0 Å². The second-order valence-electron chi connectivity index (χ2n) is 13.8. The first-order valence-corrected chi connectivity index (χ1v) is 17.8. The Morgan fingerprint density at radius 2 is 0.679 bits per heavy atom. The highest BCUT2D eigenvalue weighted by atomic mass is 16.3. The molecule has 0 aliphatic carbocycles. The summed E-state index contributed by atoms with van der Waals surface area (Å²) in [7, 11) is 0. The van der Waals surface area contributed by atoms with Crippen molar-refractivity contribution < 1.29 is 10.2 Å². The van der Waals surface area contributed by atoms with Crippen molar-refractivity contribution in [3.05, 3.63) is 176 Å². The van der Waals surface area contributed by atoms with Crippen molar-refractivity contribution >= 4 is 65.4 Å². The lowest BCUT2D eigenvalue weighted by atomic mass is 10.0. The Labute approximate surface area is 304 Å². The Balaban J connectivity index is 1.13. The molecule has 8 aromatic carbocycles. The van der Waals surface area contributed by atoms with E-state index in [2.05, 4.69) is 135 Å². The fraction of sp³-hybridized carbons (Fsp3) is 0. The van der Waals surface area contributed by atoms with E-state index in [1.54, 1.807) is 12.1 Å². The van der Waals surface area contributed by atoms with Gasteiger partial charge in [0.05, 0.1) is 33.1 Å². The smallest absolute Gasteiger partial charge is 0.116 e. The van der Waals surface area contributed by atoms with Crippen molar-refractivity contribution in [2.24, 2.45) is 0 Å². The predicted molar refractivity (Wildman–Crippen MR) is 218 cm³/mol. The van der Waals surface area contributed by atoms with Crippen LogP contribution in [0.25, 0.3) is 93.6 Å². The first-order valence-electron chi connectivity index (χ1n) is 17.8. The quantitative estimate of drug-likeness (QED) is 0.194. The van der Waals surface area contributed by atoms with Gasteiger partial charge in [-0.2, -0.15) is 0 Å². The van der Waals surface area contributed by atoms with E-state index in [1.165, 1.54) is 16.3 Å². The Hall–Kier alpha value is -7.24. The lowest BCUT2D eigenvalue weighted by Crippen LogP contribution is -1.96. The summed E-state index contributed by atoms with van der Waals surface area (Å²) in [4.78, 5) is 0. The topological polar surface area (TPSA) is 55.2 Å². The molecule has 0 saturated heterocycles. The molecular weight excluding hydrogens is 651 g/mol. The number of phenols is 2. The van der Waals surface area contributed by atoms with E-state index in [0.717, 1.165) is 77.3 Å². The summed E-state index contributed by atoms with van der Waals surface area (Å²) in [6, 6.07) is 60.6. The first-order chi connectivity index (χ1) is 26.1. The van der Waals surface area contributed by atoms with E-state index >= 15 is 0 Å². The number of hydrogen-bond donors (Lipinski definition) is 2. The Morgan fingerprint density at radius 3 is 1.25 bits per heavy atom. The number of hydrogen-bond acceptors (Lipinski definition) is 2. The van der Waals surface area contributed by atoms with Crippen LogP contribution in [0, 0.1) is 0 Å². The van der Waals surface area contributed by atoms with E-state index in [1.807, 2.05) is 42.5 Å². The number of benzene rings is 8. The van der Waals surface area contributed by atoms with Crippen molar-refractivity contribution in [1.29, 1.82) is 0 Å². The second kappa shape index (κ2) is 11.1. The lowest BCUT2D eigenvalue weighted by molar-refractivity contribution is 0.475. The third-order valence-corrected chi connectivity index (χ3v) is 10.8. The molecule has 11 rings (SSSR count). The highest BCUT2D eigenvalue weighted by Crippen LogP contribution is 2.41. The van der Waals surface area contributed by atoms with Gasteiger partial charge in [0.2, 0.25) is 0 Å². The first kappa shape index (κ1) is 29.5. The lowest BCUT2D eigenvalue weighted by Gasteiger charge is -2.11. The molecular formula is C48H31N3O2. The standard InChI is InChI=1S/C48H31N3O2/c52-35-18-23-46-41(28-35)39-25-30(15-21-44(39)49(46)32-9-3-1-4-10-32)31-16-22-45-40(26-31)42-29-36(53)19-24-47(42)51(45)34-17-20-38-37-13-7-8-14-43(37)50(48(38)27-34)33-11-5-2-6-12-33/h1-29,52-53H. The van der Waals surface area contributed by atoms with Gasteiger partial charge in [-0.3, -0.25) is 0 Å². The predicted octanol–water partition coefficient (Wildman–Crippen LogP) is 12.1. The molecule has 2 N–H and O–H groups in total. The molecule has 0 aliphatic rings. The van der Waals surface area contributed by atoms with Gasteiger partial charge in [-0.1, -0.05) is 72.8 Å². The van der Waals surface area contributed by atoms with E-state index in [4.69, 9.17) is 0 Å². The monoisotopic (exact) mass is 681 g/mol. The fourth-order valence-electron chi connectivity index (χ4n) is 8.47. The Kier molecular flexibility index (Phi) is 6.19. The molecule has 11 aromatic rings. The zero-order chi connectivity index (χ0) is 35.2. The zero-order valence-electron chi connectivity index (χ0n) is 28.5. The SMILES string of the molecule is Oc1ccc2c(c1)c1cc(-c3ccc4c(c3)c3cc(O)ccc3n4-c3ccc4c5ccccc5n(-c5ccccc5)c4c3)ccc1n2-c1ccccc1. The maximum absolute atomic E-state index is 10.7. The van der Waals surface area contributed by atoms with Crippen LogP contribution in [-0.4, -0.2) is 23.9 Å². The maximum Gasteiger partial charge on any atom is 0.116 e.